The number of aliphatic hydroxyl groups excluding tert-OH is 2. The van der Waals surface area contributed by atoms with E-state index in [-0.39, 0.29) is 13.2 Å². The predicted octanol–water partition coefficient (Wildman–Crippen LogP) is 1.73. The quantitative estimate of drug-likeness (QED) is 0.807. The molecule has 0 aliphatic carbocycles. The van der Waals surface area contributed by atoms with Crippen LogP contribution in [0.1, 0.15) is 25.0 Å². The van der Waals surface area contributed by atoms with Gasteiger partial charge in [0.05, 0.1) is 13.2 Å². The zero-order chi connectivity index (χ0) is 11.6. The van der Waals surface area contributed by atoms with Crippen molar-refractivity contribution in [3.63, 3.8) is 0 Å². The molecule has 0 fully saturated rings. The molecule has 2 nitrogen and oxygen atoms in total. The van der Waals surface area contributed by atoms with Gasteiger partial charge in [-0.1, -0.05) is 13.8 Å². The molecule has 84 valence electrons. The van der Waals surface area contributed by atoms with Crippen molar-refractivity contribution in [2.45, 2.75) is 25.9 Å². The molecule has 0 saturated carbocycles. The van der Waals surface area contributed by atoms with Gasteiger partial charge in [-0.05, 0) is 23.3 Å². The van der Waals surface area contributed by atoms with E-state index in [0.717, 1.165) is 12.1 Å². The average molecular weight is 216 g/mol. The van der Waals surface area contributed by atoms with E-state index in [0.29, 0.717) is 11.1 Å². The molecule has 4 heteroatoms. The smallest absolute Gasteiger partial charge is 0.159 e. The highest BCUT2D eigenvalue weighted by atomic mass is 19.2. The second-order valence-electron chi connectivity index (χ2n) is 4.12. The third-order valence-electron chi connectivity index (χ3n) is 2.44. The Balaban J connectivity index is 3.34. The summed E-state index contributed by atoms with van der Waals surface area (Å²) in [6.45, 7) is 2.80. The van der Waals surface area contributed by atoms with E-state index < -0.39 is 17.0 Å². The molecule has 0 radical (unpaired) electrons. The molecule has 0 bridgehead atoms. The highest BCUT2D eigenvalue weighted by molar-refractivity contribution is 5.34. The highest BCUT2D eigenvalue weighted by Gasteiger charge is 2.24. The molecular formula is C11H14F2O2. The molecule has 15 heavy (non-hydrogen) atoms. The Hall–Kier alpha value is -1.00. The third-order valence-corrected chi connectivity index (χ3v) is 2.44. The number of hydrogen-bond donors (Lipinski definition) is 2. The van der Waals surface area contributed by atoms with Gasteiger partial charge in [0.15, 0.2) is 11.6 Å². The van der Waals surface area contributed by atoms with Crippen LogP contribution in [0.25, 0.3) is 0 Å². The lowest BCUT2D eigenvalue weighted by atomic mass is 9.82. The van der Waals surface area contributed by atoms with Gasteiger partial charge >= 0.3 is 0 Å². The minimum atomic E-state index is -0.989. The summed E-state index contributed by atoms with van der Waals surface area (Å²) in [5.74, 6) is -1.96. The summed E-state index contributed by atoms with van der Waals surface area (Å²) < 4.78 is 25.9. The lowest BCUT2D eigenvalue weighted by molar-refractivity contribution is 0.213. The Kier molecular flexibility index (Phi) is 3.42. The van der Waals surface area contributed by atoms with Crippen LogP contribution in [0.15, 0.2) is 12.1 Å². The number of rotatable bonds is 3. The van der Waals surface area contributed by atoms with Gasteiger partial charge < -0.3 is 10.2 Å². The lowest BCUT2D eigenvalue weighted by Crippen LogP contribution is -2.24. The van der Waals surface area contributed by atoms with E-state index in [2.05, 4.69) is 0 Å². The van der Waals surface area contributed by atoms with E-state index in [1.165, 1.54) is 0 Å². The van der Waals surface area contributed by atoms with Gasteiger partial charge in [0.1, 0.15) is 0 Å². The van der Waals surface area contributed by atoms with Crippen molar-refractivity contribution in [2.24, 2.45) is 0 Å². The molecule has 0 aromatic heterocycles. The molecule has 1 rings (SSSR count). The van der Waals surface area contributed by atoms with Crippen molar-refractivity contribution >= 4 is 0 Å². The summed E-state index contributed by atoms with van der Waals surface area (Å²) in [7, 11) is 0. The third kappa shape index (κ3) is 2.33. The normalized spacial score (nSPS) is 11.9. The summed E-state index contributed by atoms with van der Waals surface area (Å²) in [5.41, 5.74) is 0.0198. The van der Waals surface area contributed by atoms with Crippen LogP contribution in [-0.4, -0.2) is 16.8 Å². The van der Waals surface area contributed by atoms with Crippen molar-refractivity contribution in [1.82, 2.24) is 0 Å². The Morgan fingerprint density at radius 3 is 2.13 bits per heavy atom. The zero-order valence-corrected chi connectivity index (χ0v) is 8.72. The summed E-state index contributed by atoms with van der Waals surface area (Å²) in [4.78, 5) is 0. The van der Waals surface area contributed by atoms with Crippen molar-refractivity contribution < 1.29 is 19.0 Å². The van der Waals surface area contributed by atoms with E-state index in [1.807, 2.05) is 0 Å². The average Bonchev–Trinajstić information content (AvgIpc) is 2.21. The fourth-order valence-electron chi connectivity index (χ4n) is 1.43. The number of aliphatic hydroxyl groups is 2. The second kappa shape index (κ2) is 4.24. The maximum absolute atomic E-state index is 13.0. The number of benzene rings is 1. The van der Waals surface area contributed by atoms with E-state index >= 15 is 0 Å². The highest BCUT2D eigenvalue weighted by Crippen LogP contribution is 2.28. The van der Waals surface area contributed by atoms with Gasteiger partial charge in [0, 0.05) is 5.41 Å². The van der Waals surface area contributed by atoms with E-state index in [4.69, 9.17) is 10.2 Å². The lowest BCUT2D eigenvalue weighted by Gasteiger charge is -2.25. The van der Waals surface area contributed by atoms with Crippen molar-refractivity contribution in [3.8, 4) is 0 Å². The van der Waals surface area contributed by atoms with Crippen LogP contribution in [0.2, 0.25) is 0 Å². The Morgan fingerprint density at radius 2 is 1.67 bits per heavy atom. The van der Waals surface area contributed by atoms with Crippen LogP contribution in [0, 0.1) is 11.6 Å². The first-order chi connectivity index (χ1) is 6.92. The first-order valence-electron chi connectivity index (χ1n) is 4.62. The Labute approximate surface area is 87.2 Å². The molecule has 2 N–H and O–H groups in total. The van der Waals surface area contributed by atoms with Crippen LogP contribution >= 0.6 is 0 Å². The van der Waals surface area contributed by atoms with Crippen molar-refractivity contribution in [1.29, 1.82) is 0 Å². The fourth-order valence-corrected chi connectivity index (χ4v) is 1.43. The van der Waals surface area contributed by atoms with Crippen LogP contribution in [0.5, 0.6) is 0 Å². The summed E-state index contributed by atoms with van der Waals surface area (Å²) >= 11 is 0. The predicted molar refractivity (Wildman–Crippen MR) is 52.4 cm³/mol. The minimum absolute atomic E-state index is 0.203. The van der Waals surface area contributed by atoms with Gasteiger partial charge in [-0.2, -0.15) is 0 Å². The molecule has 0 saturated heterocycles. The number of halogens is 2. The largest absolute Gasteiger partial charge is 0.395 e. The molecule has 0 heterocycles. The molecular weight excluding hydrogens is 202 g/mol. The molecule has 1 aromatic carbocycles. The van der Waals surface area contributed by atoms with Gasteiger partial charge in [0.2, 0.25) is 0 Å². The molecule has 0 amide bonds. The maximum atomic E-state index is 13.0. The standard InChI is InChI=1S/C11H14F2O2/c1-11(2,6-15)8-4-10(13)9(12)3-7(8)5-14/h3-4,14-15H,5-6H2,1-2H3. The molecule has 0 aliphatic rings. The minimum Gasteiger partial charge on any atom is -0.395 e. The van der Waals surface area contributed by atoms with Crippen LogP contribution in [0.4, 0.5) is 8.78 Å². The topological polar surface area (TPSA) is 40.5 Å². The summed E-state index contributed by atoms with van der Waals surface area (Å²) in [6.07, 6.45) is 0. The molecule has 0 aliphatic heterocycles. The number of hydrogen-bond acceptors (Lipinski definition) is 2. The summed E-state index contributed by atoms with van der Waals surface area (Å²) in [5, 5.41) is 18.2. The fraction of sp³-hybridized carbons (Fsp3) is 0.455. The van der Waals surface area contributed by atoms with Gasteiger partial charge in [-0.3, -0.25) is 0 Å². The van der Waals surface area contributed by atoms with Crippen LogP contribution in [0.3, 0.4) is 0 Å². The van der Waals surface area contributed by atoms with E-state index in [1.54, 1.807) is 13.8 Å². The molecule has 0 atom stereocenters. The SMILES string of the molecule is CC(C)(CO)c1cc(F)c(F)cc1CO. The molecule has 1 aromatic rings. The van der Waals surface area contributed by atoms with Crippen LogP contribution in [-0.2, 0) is 12.0 Å². The van der Waals surface area contributed by atoms with Gasteiger partial charge in [-0.15, -0.1) is 0 Å². The Bertz CT molecular complexity index is 362. The van der Waals surface area contributed by atoms with Crippen LogP contribution < -0.4 is 0 Å². The first-order valence-corrected chi connectivity index (χ1v) is 4.62. The first kappa shape index (κ1) is 12.1. The van der Waals surface area contributed by atoms with Gasteiger partial charge in [-0.25, -0.2) is 8.78 Å². The molecule has 0 unspecified atom stereocenters. The zero-order valence-electron chi connectivity index (χ0n) is 8.72. The molecule has 0 spiro atoms. The van der Waals surface area contributed by atoms with Gasteiger partial charge in [0.25, 0.3) is 0 Å². The van der Waals surface area contributed by atoms with E-state index in [9.17, 15) is 8.78 Å². The monoisotopic (exact) mass is 216 g/mol. The van der Waals surface area contributed by atoms with Crippen molar-refractivity contribution in [3.05, 3.63) is 34.9 Å². The van der Waals surface area contributed by atoms with Crippen molar-refractivity contribution in [2.75, 3.05) is 6.61 Å². The second-order valence-corrected chi connectivity index (χ2v) is 4.12. The summed E-state index contributed by atoms with van der Waals surface area (Å²) in [6, 6.07) is 1.99. The Morgan fingerprint density at radius 1 is 1.13 bits per heavy atom. The maximum Gasteiger partial charge on any atom is 0.159 e.